The molecule has 1 amide bonds. The first-order chi connectivity index (χ1) is 14.0. The lowest BCUT2D eigenvalue weighted by Crippen LogP contribution is -2.13. The molecule has 6 nitrogen and oxygen atoms in total. The van der Waals surface area contributed by atoms with Crippen LogP contribution >= 0.6 is 11.6 Å². The van der Waals surface area contributed by atoms with Gasteiger partial charge in [0, 0.05) is 17.3 Å². The number of fused-ring (bicyclic) bond motifs is 1. The Hall–Kier alpha value is -3.38. The molecular formula is C22H20ClN5O. The fraction of sp³-hybridized carbons (Fsp3) is 0.136. The van der Waals surface area contributed by atoms with E-state index in [0.29, 0.717) is 28.6 Å². The number of carbonyl (C=O) groups excluding carboxylic acids is 1. The molecule has 0 atom stereocenters. The summed E-state index contributed by atoms with van der Waals surface area (Å²) in [6.07, 6.45) is 3.31. The van der Waals surface area contributed by atoms with Crippen molar-refractivity contribution in [2.45, 2.75) is 20.4 Å². The minimum absolute atomic E-state index is 0.219. The third kappa shape index (κ3) is 3.93. The number of anilines is 2. The van der Waals surface area contributed by atoms with Crippen LogP contribution in [-0.4, -0.2) is 20.9 Å². The number of hydrogen-bond acceptors (Lipinski definition) is 4. The van der Waals surface area contributed by atoms with E-state index in [4.69, 9.17) is 11.6 Å². The Morgan fingerprint density at radius 2 is 2.00 bits per heavy atom. The van der Waals surface area contributed by atoms with Crippen molar-refractivity contribution < 1.29 is 4.79 Å². The van der Waals surface area contributed by atoms with Gasteiger partial charge >= 0.3 is 0 Å². The molecule has 3 aromatic heterocycles. The molecule has 0 aliphatic heterocycles. The first-order valence-electron chi connectivity index (χ1n) is 9.21. The highest BCUT2D eigenvalue weighted by molar-refractivity contribution is 6.33. The van der Waals surface area contributed by atoms with E-state index in [2.05, 4.69) is 25.6 Å². The highest BCUT2D eigenvalue weighted by Crippen LogP contribution is 2.26. The third-order valence-corrected chi connectivity index (χ3v) is 5.14. The molecule has 0 aliphatic carbocycles. The van der Waals surface area contributed by atoms with Gasteiger partial charge in [0.15, 0.2) is 0 Å². The number of para-hydroxylation sites is 1. The van der Waals surface area contributed by atoms with Crippen LogP contribution in [0, 0.1) is 13.8 Å². The summed E-state index contributed by atoms with van der Waals surface area (Å²) in [5.41, 5.74) is 5.00. The Morgan fingerprint density at radius 3 is 2.76 bits per heavy atom. The molecule has 3 N–H and O–H groups in total. The van der Waals surface area contributed by atoms with Crippen LogP contribution in [0.4, 0.5) is 11.5 Å². The number of amides is 1. The zero-order chi connectivity index (χ0) is 20.4. The SMILES string of the molecule is Cc1[nH]c2c(C(=O)Nc3cnc(NCc4ccccn4)c(Cl)c3)cccc2c1C. The largest absolute Gasteiger partial charge is 0.363 e. The summed E-state index contributed by atoms with van der Waals surface area (Å²) in [5.74, 6) is 0.317. The summed E-state index contributed by atoms with van der Waals surface area (Å²) in [6.45, 7) is 4.54. The van der Waals surface area contributed by atoms with Crippen LogP contribution in [0.15, 0.2) is 54.9 Å². The monoisotopic (exact) mass is 405 g/mol. The number of pyridine rings is 2. The average molecular weight is 406 g/mol. The minimum Gasteiger partial charge on any atom is -0.363 e. The highest BCUT2D eigenvalue weighted by Gasteiger charge is 2.15. The third-order valence-electron chi connectivity index (χ3n) is 4.85. The van der Waals surface area contributed by atoms with Gasteiger partial charge in [0.2, 0.25) is 0 Å². The number of halogens is 1. The molecule has 146 valence electrons. The van der Waals surface area contributed by atoms with Crippen LogP contribution in [0.3, 0.4) is 0 Å². The number of aromatic nitrogens is 3. The van der Waals surface area contributed by atoms with Crippen LogP contribution in [0.25, 0.3) is 10.9 Å². The van der Waals surface area contributed by atoms with E-state index in [9.17, 15) is 4.79 Å². The zero-order valence-electron chi connectivity index (χ0n) is 16.1. The van der Waals surface area contributed by atoms with Crippen LogP contribution < -0.4 is 10.6 Å². The van der Waals surface area contributed by atoms with Crippen molar-refractivity contribution in [3.63, 3.8) is 0 Å². The van der Waals surface area contributed by atoms with E-state index >= 15 is 0 Å². The van der Waals surface area contributed by atoms with Gasteiger partial charge in [0.05, 0.1) is 40.2 Å². The Balaban J connectivity index is 1.50. The number of aryl methyl sites for hydroxylation is 2. The summed E-state index contributed by atoms with van der Waals surface area (Å²) in [6, 6.07) is 13.1. The number of carbonyl (C=O) groups is 1. The molecule has 0 unspecified atom stereocenters. The van der Waals surface area contributed by atoms with Crippen molar-refractivity contribution in [3.05, 3.63) is 82.4 Å². The molecule has 0 radical (unpaired) electrons. The number of nitrogens with zero attached hydrogens (tertiary/aromatic N) is 2. The van der Waals surface area contributed by atoms with Crippen LogP contribution in [0.2, 0.25) is 5.02 Å². The average Bonchev–Trinajstić information content (AvgIpc) is 3.02. The van der Waals surface area contributed by atoms with Gasteiger partial charge in [-0.05, 0) is 43.7 Å². The summed E-state index contributed by atoms with van der Waals surface area (Å²) in [4.78, 5) is 24.7. The summed E-state index contributed by atoms with van der Waals surface area (Å²) in [5, 5.41) is 7.49. The van der Waals surface area contributed by atoms with E-state index in [1.165, 1.54) is 0 Å². The summed E-state index contributed by atoms with van der Waals surface area (Å²) in [7, 11) is 0. The molecular weight excluding hydrogens is 386 g/mol. The summed E-state index contributed by atoms with van der Waals surface area (Å²) >= 11 is 6.34. The summed E-state index contributed by atoms with van der Waals surface area (Å²) < 4.78 is 0. The Labute approximate surface area is 173 Å². The van der Waals surface area contributed by atoms with E-state index in [-0.39, 0.29) is 5.91 Å². The second-order valence-corrected chi connectivity index (χ2v) is 7.19. The normalized spacial score (nSPS) is 10.9. The molecule has 29 heavy (non-hydrogen) atoms. The van der Waals surface area contributed by atoms with Gasteiger partial charge in [-0.15, -0.1) is 0 Å². The second-order valence-electron chi connectivity index (χ2n) is 6.79. The smallest absolute Gasteiger partial charge is 0.257 e. The van der Waals surface area contributed by atoms with E-state index < -0.39 is 0 Å². The molecule has 4 rings (SSSR count). The van der Waals surface area contributed by atoms with Gasteiger partial charge in [-0.1, -0.05) is 29.8 Å². The first kappa shape index (κ1) is 19.0. The van der Waals surface area contributed by atoms with E-state index in [1.54, 1.807) is 24.5 Å². The number of benzene rings is 1. The van der Waals surface area contributed by atoms with Crippen molar-refractivity contribution in [2.24, 2.45) is 0 Å². The van der Waals surface area contributed by atoms with Gasteiger partial charge in [0.25, 0.3) is 5.91 Å². The van der Waals surface area contributed by atoms with E-state index in [1.807, 2.05) is 44.2 Å². The lowest BCUT2D eigenvalue weighted by atomic mass is 10.1. The van der Waals surface area contributed by atoms with Crippen molar-refractivity contribution in [1.29, 1.82) is 0 Å². The molecule has 0 bridgehead atoms. The van der Waals surface area contributed by atoms with Gasteiger partial charge in [-0.3, -0.25) is 9.78 Å². The molecule has 0 aliphatic rings. The van der Waals surface area contributed by atoms with Gasteiger partial charge in [0.1, 0.15) is 5.82 Å². The van der Waals surface area contributed by atoms with Gasteiger partial charge < -0.3 is 15.6 Å². The van der Waals surface area contributed by atoms with Crippen LogP contribution in [0.5, 0.6) is 0 Å². The number of aromatic amines is 1. The van der Waals surface area contributed by atoms with Crippen molar-refractivity contribution in [3.8, 4) is 0 Å². The maximum Gasteiger partial charge on any atom is 0.257 e. The Morgan fingerprint density at radius 1 is 1.14 bits per heavy atom. The maximum absolute atomic E-state index is 12.8. The maximum atomic E-state index is 12.8. The minimum atomic E-state index is -0.219. The number of rotatable bonds is 5. The van der Waals surface area contributed by atoms with Gasteiger partial charge in [-0.2, -0.15) is 0 Å². The molecule has 0 saturated heterocycles. The predicted molar refractivity (Wildman–Crippen MR) is 117 cm³/mol. The fourth-order valence-corrected chi connectivity index (χ4v) is 3.42. The molecule has 7 heteroatoms. The zero-order valence-corrected chi connectivity index (χ0v) is 16.8. The first-order valence-corrected chi connectivity index (χ1v) is 9.59. The number of nitrogens with one attached hydrogen (secondary N) is 3. The highest BCUT2D eigenvalue weighted by atomic mass is 35.5. The molecule has 3 heterocycles. The Kier molecular flexibility index (Phi) is 5.18. The molecule has 0 spiro atoms. The fourth-order valence-electron chi connectivity index (χ4n) is 3.18. The van der Waals surface area contributed by atoms with Crippen molar-refractivity contribution in [1.82, 2.24) is 15.0 Å². The van der Waals surface area contributed by atoms with Crippen molar-refractivity contribution in [2.75, 3.05) is 10.6 Å². The second kappa shape index (κ2) is 7.93. The standard InChI is InChI=1S/C22H20ClN5O/c1-13-14(2)27-20-17(13)7-5-8-18(20)22(29)28-16-10-19(23)21(26-12-16)25-11-15-6-3-4-9-24-15/h3-10,12,27H,11H2,1-2H3,(H,25,26)(H,28,29). The lowest BCUT2D eigenvalue weighted by Gasteiger charge is -2.10. The Bertz CT molecular complexity index is 1190. The van der Waals surface area contributed by atoms with Crippen LogP contribution in [0.1, 0.15) is 27.3 Å². The van der Waals surface area contributed by atoms with Gasteiger partial charge in [-0.25, -0.2) is 4.98 Å². The number of H-pyrrole nitrogens is 1. The molecule has 4 aromatic rings. The predicted octanol–water partition coefficient (Wildman–Crippen LogP) is 5.09. The molecule has 1 aromatic carbocycles. The quantitative estimate of drug-likeness (QED) is 0.431. The lowest BCUT2D eigenvalue weighted by molar-refractivity contribution is 0.102. The molecule has 0 saturated carbocycles. The van der Waals surface area contributed by atoms with Crippen molar-refractivity contribution >= 4 is 39.9 Å². The number of hydrogen-bond donors (Lipinski definition) is 3. The van der Waals surface area contributed by atoms with E-state index in [0.717, 1.165) is 27.9 Å². The van der Waals surface area contributed by atoms with Crippen LogP contribution in [-0.2, 0) is 6.54 Å². The molecule has 0 fully saturated rings. The topological polar surface area (TPSA) is 82.7 Å².